The minimum Gasteiger partial charge on any atom is -0.496 e. The lowest BCUT2D eigenvalue weighted by Gasteiger charge is -2.14. The largest absolute Gasteiger partial charge is 0.496 e. The first-order chi connectivity index (χ1) is 12.1. The van der Waals surface area contributed by atoms with Gasteiger partial charge in [-0.05, 0) is 36.8 Å². The zero-order chi connectivity index (χ0) is 17.8. The van der Waals surface area contributed by atoms with Crippen LogP contribution >= 0.6 is 0 Å². The normalized spacial score (nSPS) is 16.5. The van der Waals surface area contributed by atoms with Crippen LogP contribution in [0.2, 0.25) is 0 Å². The molecule has 2 aromatic rings. The summed E-state index contributed by atoms with van der Waals surface area (Å²) in [5.74, 6) is 0.243. The predicted molar refractivity (Wildman–Crippen MR) is 94.1 cm³/mol. The molecular formula is C19H20N2O4. The van der Waals surface area contributed by atoms with Gasteiger partial charge in [0, 0.05) is 5.69 Å². The Labute approximate surface area is 146 Å². The van der Waals surface area contributed by atoms with Crippen LogP contribution in [0.3, 0.4) is 0 Å². The molecule has 1 aliphatic rings. The Morgan fingerprint density at radius 2 is 2.08 bits per heavy atom. The summed E-state index contributed by atoms with van der Waals surface area (Å²) in [5.41, 5.74) is 2.31. The van der Waals surface area contributed by atoms with E-state index in [9.17, 15) is 9.59 Å². The first-order valence-corrected chi connectivity index (χ1v) is 8.04. The Hall–Kier alpha value is -3.02. The molecular weight excluding hydrogens is 320 g/mol. The van der Waals surface area contributed by atoms with E-state index in [1.807, 2.05) is 31.2 Å². The van der Waals surface area contributed by atoms with Gasteiger partial charge in [0.05, 0.1) is 25.8 Å². The minimum absolute atomic E-state index is 0.241. The Morgan fingerprint density at radius 3 is 2.84 bits per heavy atom. The van der Waals surface area contributed by atoms with Gasteiger partial charge in [-0.1, -0.05) is 24.3 Å². The van der Waals surface area contributed by atoms with Crippen molar-refractivity contribution in [3.8, 4) is 5.75 Å². The summed E-state index contributed by atoms with van der Waals surface area (Å²) in [4.78, 5) is 26.0. The molecule has 1 N–H and O–H groups in total. The molecule has 0 spiro atoms. The number of carbonyl (C=O) groups excluding carboxylic acids is 2. The van der Waals surface area contributed by atoms with E-state index in [1.165, 1.54) is 7.11 Å². The average Bonchev–Trinajstić information content (AvgIpc) is 3.00. The number of hydrogen-bond donors (Lipinski definition) is 1. The molecule has 0 saturated carbocycles. The van der Waals surface area contributed by atoms with E-state index in [-0.39, 0.29) is 12.5 Å². The summed E-state index contributed by atoms with van der Waals surface area (Å²) in [7, 11) is 1.52. The molecule has 6 nitrogen and oxygen atoms in total. The quantitative estimate of drug-likeness (QED) is 0.909. The van der Waals surface area contributed by atoms with E-state index in [2.05, 4.69) is 5.32 Å². The second kappa shape index (κ2) is 7.25. The van der Waals surface area contributed by atoms with Gasteiger partial charge in [-0.15, -0.1) is 0 Å². The van der Waals surface area contributed by atoms with Crippen LogP contribution in [0, 0.1) is 6.92 Å². The van der Waals surface area contributed by atoms with Crippen molar-refractivity contribution < 1.29 is 19.1 Å². The molecule has 1 aliphatic heterocycles. The SMILES string of the molecule is COc1ccccc1C(=O)NCC1CN(c2cccc(C)c2)C(=O)O1. The number of benzene rings is 2. The lowest BCUT2D eigenvalue weighted by Crippen LogP contribution is -2.34. The Kier molecular flexibility index (Phi) is 4.88. The average molecular weight is 340 g/mol. The van der Waals surface area contributed by atoms with Gasteiger partial charge in [0.1, 0.15) is 11.9 Å². The predicted octanol–water partition coefficient (Wildman–Crippen LogP) is 2.76. The third-order valence-electron chi connectivity index (χ3n) is 4.03. The maximum Gasteiger partial charge on any atom is 0.414 e. The minimum atomic E-state index is -0.401. The van der Waals surface area contributed by atoms with Crippen molar-refractivity contribution in [1.29, 1.82) is 0 Å². The molecule has 6 heteroatoms. The summed E-state index contributed by atoms with van der Waals surface area (Å²) in [6.45, 7) is 2.61. The van der Waals surface area contributed by atoms with E-state index in [4.69, 9.17) is 9.47 Å². The van der Waals surface area contributed by atoms with Crippen molar-refractivity contribution >= 4 is 17.7 Å². The maximum atomic E-state index is 12.3. The van der Waals surface area contributed by atoms with Crippen LogP contribution < -0.4 is 15.0 Å². The van der Waals surface area contributed by atoms with Crippen molar-refractivity contribution in [2.75, 3.05) is 25.1 Å². The van der Waals surface area contributed by atoms with E-state index in [0.717, 1.165) is 11.3 Å². The molecule has 0 bridgehead atoms. The summed E-state index contributed by atoms with van der Waals surface area (Å²) in [5, 5.41) is 2.80. The number of aryl methyl sites for hydroxylation is 1. The molecule has 2 amide bonds. The summed E-state index contributed by atoms with van der Waals surface area (Å²) in [6.07, 6.45) is -0.797. The van der Waals surface area contributed by atoms with Crippen molar-refractivity contribution in [3.05, 3.63) is 59.7 Å². The molecule has 1 atom stereocenters. The van der Waals surface area contributed by atoms with Crippen LogP contribution in [0.1, 0.15) is 15.9 Å². The van der Waals surface area contributed by atoms with Gasteiger partial charge in [-0.3, -0.25) is 9.69 Å². The number of ether oxygens (including phenoxy) is 2. The highest BCUT2D eigenvalue weighted by Crippen LogP contribution is 2.22. The first kappa shape index (κ1) is 16.8. The molecule has 130 valence electrons. The zero-order valence-electron chi connectivity index (χ0n) is 14.2. The van der Waals surface area contributed by atoms with E-state index < -0.39 is 12.2 Å². The first-order valence-electron chi connectivity index (χ1n) is 8.04. The van der Waals surface area contributed by atoms with Crippen LogP contribution in [-0.2, 0) is 4.74 Å². The number of rotatable bonds is 5. The lowest BCUT2D eigenvalue weighted by molar-refractivity contribution is 0.0913. The van der Waals surface area contributed by atoms with Crippen LogP contribution in [0.25, 0.3) is 0 Å². The number of anilines is 1. The Balaban J connectivity index is 1.61. The van der Waals surface area contributed by atoms with Crippen molar-refractivity contribution in [1.82, 2.24) is 5.32 Å². The van der Waals surface area contributed by atoms with Gasteiger partial charge >= 0.3 is 6.09 Å². The second-order valence-electron chi connectivity index (χ2n) is 5.87. The van der Waals surface area contributed by atoms with Gasteiger partial charge in [-0.2, -0.15) is 0 Å². The van der Waals surface area contributed by atoms with Gasteiger partial charge in [0.15, 0.2) is 0 Å². The zero-order valence-corrected chi connectivity index (χ0v) is 14.2. The number of nitrogens with zero attached hydrogens (tertiary/aromatic N) is 1. The fourth-order valence-corrected chi connectivity index (χ4v) is 2.77. The fraction of sp³-hybridized carbons (Fsp3) is 0.263. The van der Waals surface area contributed by atoms with Crippen molar-refractivity contribution in [2.45, 2.75) is 13.0 Å². The molecule has 1 unspecified atom stereocenters. The van der Waals surface area contributed by atoms with Gasteiger partial charge in [0.2, 0.25) is 0 Å². The standard InChI is InChI=1S/C19H20N2O4/c1-13-6-5-7-14(10-13)21-12-15(25-19(21)23)11-20-18(22)16-8-3-4-9-17(16)24-2/h3-10,15H,11-12H2,1-2H3,(H,20,22). The van der Waals surface area contributed by atoms with E-state index in [1.54, 1.807) is 29.2 Å². The van der Waals surface area contributed by atoms with Gasteiger partial charge in [0.25, 0.3) is 5.91 Å². The molecule has 1 fully saturated rings. The smallest absolute Gasteiger partial charge is 0.414 e. The number of nitrogens with one attached hydrogen (secondary N) is 1. The van der Waals surface area contributed by atoms with Gasteiger partial charge < -0.3 is 14.8 Å². The molecule has 3 rings (SSSR count). The number of methoxy groups -OCH3 is 1. The Bertz CT molecular complexity index is 790. The molecule has 1 saturated heterocycles. The topological polar surface area (TPSA) is 67.9 Å². The third-order valence-corrected chi connectivity index (χ3v) is 4.03. The summed E-state index contributed by atoms with van der Waals surface area (Å²) in [6, 6.07) is 14.6. The molecule has 0 aromatic heterocycles. The number of para-hydroxylation sites is 1. The summed E-state index contributed by atoms with van der Waals surface area (Å²) < 4.78 is 10.5. The third kappa shape index (κ3) is 3.74. The molecule has 25 heavy (non-hydrogen) atoms. The number of amides is 2. The van der Waals surface area contributed by atoms with Crippen LogP contribution in [0.4, 0.5) is 10.5 Å². The van der Waals surface area contributed by atoms with Crippen molar-refractivity contribution in [3.63, 3.8) is 0 Å². The highest BCUT2D eigenvalue weighted by atomic mass is 16.6. The van der Waals surface area contributed by atoms with Crippen LogP contribution in [-0.4, -0.2) is 38.3 Å². The lowest BCUT2D eigenvalue weighted by atomic mass is 10.2. The number of carbonyl (C=O) groups is 2. The Morgan fingerprint density at radius 1 is 1.28 bits per heavy atom. The molecule has 2 aromatic carbocycles. The molecule has 0 radical (unpaired) electrons. The fourth-order valence-electron chi connectivity index (χ4n) is 2.77. The van der Waals surface area contributed by atoms with E-state index >= 15 is 0 Å². The van der Waals surface area contributed by atoms with Crippen LogP contribution in [0.5, 0.6) is 5.75 Å². The molecule has 1 heterocycles. The number of hydrogen-bond acceptors (Lipinski definition) is 4. The van der Waals surface area contributed by atoms with Gasteiger partial charge in [-0.25, -0.2) is 4.79 Å². The highest BCUT2D eigenvalue weighted by molar-refractivity contribution is 5.97. The van der Waals surface area contributed by atoms with E-state index in [0.29, 0.717) is 17.9 Å². The van der Waals surface area contributed by atoms with Crippen LogP contribution in [0.15, 0.2) is 48.5 Å². The van der Waals surface area contributed by atoms with Crippen molar-refractivity contribution in [2.24, 2.45) is 0 Å². The second-order valence-corrected chi connectivity index (χ2v) is 5.87. The summed E-state index contributed by atoms with van der Waals surface area (Å²) >= 11 is 0. The maximum absolute atomic E-state index is 12.3. The number of cyclic esters (lactones) is 1. The monoisotopic (exact) mass is 340 g/mol. The highest BCUT2D eigenvalue weighted by Gasteiger charge is 2.32. The molecule has 0 aliphatic carbocycles.